The van der Waals surface area contributed by atoms with Crippen molar-refractivity contribution in [2.75, 3.05) is 16.8 Å². The van der Waals surface area contributed by atoms with E-state index in [1.807, 2.05) is 43.3 Å². The van der Waals surface area contributed by atoms with Crippen LogP contribution in [0.15, 0.2) is 73.6 Å². The molecule has 0 unspecified atom stereocenters. The number of aromatic nitrogens is 6. The van der Waals surface area contributed by atoms with Gasteiger partial charge in [0.05, 0.1) is 11.7 Å². The molecule has 10 nitrogen and oxygen atoms in total. The number of hydrogen-bond acceptors (Lipinski definition) is 8. The first-order valence-electron chi connectivity index (χ1n) is 11.0. The third-order valence-electron chi connectivity index (χ3n) is 5.89. The van der Waals surface area contributed by atoms with E-state index in [1.54, 1.807) is 21.8 Å². The van der Waals surface area contributed by atoms with E-state index in [2.05, 4.69) is 36.9 Å². The molecule has 5 heterocycles. The number of benzene rings is 1. The van der Waals surface area contributed by atoms with Crippen molar-refractivity contribution in [2.24, 2.45) is 0 Å². The van der Waals surface area contributed by atoms with Crippen LogP contribution in [0.4, 0.5) is 17.3 Å². The number of aryl methyl sites for hydroxylation is 1. The van der Waals surface area contributed by atoms with Crippen molar-refractivity contribution in [3.8, 4) is 11.5 Å². The molecule has 10 heteroatoms. The summed E-state index contributed by atoms with van der Waals surface area (Å²) in [5.74, 6) is 2.48. The van der Waals surface area contributed by atoms with Gasteiger partial charge >= 0.3 is 0 Å². The molecule has 35 heavy (non-hydrogen) atoms. The Hall–Kier alpha value is -4.86. The van der Waals surface area contributed by atoms with Crippen LogP contribution >= 0.6 is 0 Å². The number of nitrogens with one attached hydrogen (secondary N) is 1. The number of hydrogen-bond donors (Lipinski definition) is 1. The molecule has 0 bridgehead atoms. The van der Waals surface area contributed by atoms with Crippen LogP contribution in [0.2, 0.25) is 0 Å². The maximum atomic E-state index is 12.4. The van der Waals surface area contributed by atoms with Gasteiger partial charge in [-0.1, -0.05) is 6.58 Å². The quantitative estimate of drug-likeness (QED) is 0.385. The summed E-state index contributed by atoms with van der Waals surface area (Å²) < 4.78 is 7.74. The average Bonchev–Trinajstić information content (AvgIpc) is 3.47. The zero-order valence-corrected chi connectivity index (χ0v) is 18.8. The molecule has 0 spiro atoms. The van der Waals surface area contributed by atoms with Crippen LogP contribution in [-0.4, -0.2) is 42.0 Å². The zero-order valence-electron chi connectivity index (χ0n) is 18.8. The molecular weight excluding hydrogens is 444 g/mol. The summed E-state index contributed by atoms with van der Waals surface area (Å²) in [4.78, 5) is 31.4. The molecule has 1 fully saturated rings. The van der Waals surface area contributed by atoms with Crippen LogP contribution in [0.5, 0.6) is 11.5 Å². The largest absolute Gasteiger partial charge is 0.457 e. The lowest BCUT2D eigenvalue weighted by atomic mass is 10.2. The molecule has 1 N–H and O–H groups in total. The standard InChI is InChI=1S/C25H20N8O2/c1-15-5-7-32(25(15)34)22-11-19-20(12-26-22)27-13-29-24(19)31-17-3-4-21(16(2)9-17)35-18-6-8-33-23(10-18)28-14-30-33/h3-4,6,8-14H,1,5,7H2,2H3,(H,27,29,31). The predicted octanol–water partition coefficient (Wildman–Crippen LogP) is 4.20. The summed E-state index contributed by atoms with van der Waals surface area (Å²) in [7, 11) is 0. The van der Waals surface area contributed by atoms with E-state index in [1.165, 1.54) is 12.7 Å². The van der Waals surface area contributed by atoms with E-state index in [-0.39, 0.29) is 5.91 Å². The van der Waals surface area contributed by atoms with Gasteiger partial charge in [0, 0.05) is 35.5 Å². The van der Waals surface area contributed by atoms with Gasteiger partial charge in [0.2, 0.25) is 0 Å². The van der Waals surface area contributed by atoms with Crippen LogP contribution in [-0.2, 0) is 4.79 Å². The molecule has 5 aromatic rings. The SMILES string of the molecule is C=C1CCN(c2cc3c(Nc4ccc(Oc5ccn6ncnc6c5)c(C)c4)ncnc3cn2)C1=O. The third kappa shape index (κ3) is 3.80. The first-order chi connectivity index (χ1) is 17.0. The summed E-state index contributed by atoms with van der Waals surface area (Å²) in [6, 6.07) is 11.3. The minimum Gasteiger partial charge on any atom is -0.457 e. The van der Waals surface area contributed by atoms with E-state index in [9.17, 15) is 4.79 Å². The number of rotatable bonds is 5. The Kier molecular flexibility index (Phi) is 4.84. The molecular formula is C25H20N8O2. The zero-order chi connectivity index (χ0) is 23.9. The first-order valence-corrected chi connectivity index (χ1v) is 11.0. The van der Waals surface area contributed by atoms with Crippen LogP contribution in [0.3, 0.4) is 0 Å². The highest BCUT2D eigenvalue weighted by atomic mass is 16.5. The molecule has 0 radical (unpaired) electrons. The van der Waals surface area contributed by atoms with E-state index >= 15 is 0 Å². The second-order valence-electron chi connectivity index (χ2n) is 8.22. The number of fused-ring (bicyclic) bond motifs is 2. The molecule has 6 rings (SSSR count). The van der Waals surface area contributed by atoms with E-state index in [0.717, 1.165) is 22.4 Å². The normalized spacial score (nSPS) is 13.7. The first kappa shape index (κ1) is 20.7. The van der Waals surface area contributed by atoms with Crippen molar-refractivity contribution in [1.29, 1.82) is 0 Å². The van der Waals surface area contributed by atoms with Gasteiger partial charge in [-0.2, -0.15) is 5.10 Å². The van der Waals surface area contributed by atoms with Gasteiger partial charge in [-0.25, -0.2) is 24.5 Å². The van der Waals surface area contributed by atoms with Gasteiger partial charge in [-0.15, -0.1) is 0 Å². The maximum absolute atomic E-state index is 12.4. The highest BCUT2D eigenvalue weighted by Gasteiger charge is 2.26. The van der Waals surface area contributed by atoms with Gasteiger partial charge in [-0.05, 0) is 49.2 Å². The van der Waals surface area contributed by atoms with Crippen LogP contribution in [0, 0.1) is 6.92 Å². The van der Waals surface area contributed by atoms with E-state index in [4.69, 9.17) is 4.74 Å². The molecule has 1 saturated heterocycles. The fourth-order valence-corrected chi connectivity index (χ4v) is 4.03. The fraction of sp³-hybridized carbons (Fsp3) is 0.120. The van der Waals surface area contributed by atoms with Crippen molar-refractivity contribution in [1.82, 2.24) is 29.5 Å². The van der Waals surface area contributed by atoms with Crippen LogP contribution < -0.4 is 15.0 Å². The van der Waals surface area contributed by atoms with Gasteiger partial charge in [-0.3, -0.25) is 9.69 Å². The molecule has 4 aromatic heterocycles. The van der Waals surface area contributed by atoms with Crippen molar-refractivity contribution < 1.29 is 9.53 Å². The predicted molar refractivity (Wildman–Crippen MR) is 131 cm³/mol. The Morgan fingerprint density at radius 3 is 2.80 bits per heavy atom. The lowest BCUT2D eigenvalue weighted by Crippen LogP contribution is -2.25. The Labute approximate surface area is 199 Å². The Bertz CT molecular complexity index is 1630. The number of carbonyl (C=O) groups is 1. The summed E-state index contributed by atoms with van der Waals surface area (Å²) in [6.07, 6.45) is 7.08. The number of nitrogens with zero attached hydrogens (tertiary/aromatic N) is 7. The van der Waals surface area contributed by atoms with Gasteiger partial charge in [0.15, 0.2) is 5.65 Å². The minimum absolute atomic E-state index is 0.0995. The molecule has 1 aliphatic heterocycles. The van der Waals surface area contributed by atoms with E-state index < -0.39 is 0 Å². The highest BCUT2D eigenvalue weighted by Crippen LogP contribution is 2.31. The Morgan fingerprint density at radius 1 is 1.06 bits per heavy atom. The van der Waals surface area contributed by atoms with Gasteiger partial charge < -0.3 is 10.1 Å². The number of ether oxygens (including phenoxy) is 1. The van der Waals surface area contributed by atoms with Crippen LogP contribution in [0.1, 0.15) is 12.0 Å². The second kappa shape index (κ2) is 8.17. The molecule has 0 saturated carbocycles. The maximum Gasteiger partial charge on any atom is 0.254 e. The Balaban J connectivity index is 1.27. The molecule has 1 amide bonds. The lowest BCUT2D eigenvalue weighted by Gasteiger charge is -2.16. The van der Waals surface area contributed by atoms with Crippen molar-refractivity contribution in [3.63, 3.8) is 0 Å². The summed E-state index contributed by atoms with van der Waals surface area (Å²) in [5, 5.41) is 8.22. The molecule has 1 aromatic carbocycles. The average molecular weight is 464 g/mol. The summed E-state index contributed by atoms with van der Waals surface area (Å²) in [6.45, 7) is 6.37. The summed E-state index contributed by atoms with van der Waals surface area (Å²) in [5.41, 5.74) is 3.76. The van der Waals surface area contributed by atoms with Crippen molar-refractivity contribution >= 4 is 39.8 Å². The minimum atomic E-state index is -0.0995. The monoisotopic (exact) mass is 464 g/mol. The smallest absolute Gasteiger partial charge is 0.254 e. The molecule has 172 valence electrons. The second-order valence-corrected chi connectivity index (χ2v) is 8.22. The topological polar surface area (TPSA) is 110 Å². The number of pyridine rings is 2. The molecule has 0 atom stereocenters. The van der Waals surface area contributed by atoms with Gasteiger partial charge in [0.25, 0.3) is 5.91 Å². The highest BCUT2D eigenvalue weighted by molar-refractivity contribution is 6.08. The Morgan fingerprint density at radius 2 is 1.97 bits per heavy atom. The van der Waals surface area contributed by atoms with Crippen molar-refractivity contribution in [3.05, 3.63) is 79.2 Å². The van der Waals surface area contributed by atoms with Crippen LogP contribution in [0.25, 0.3) is 16.6 Å². The van der Waals surface area contributed by atoms with Crippen molar-refractivity contribution in [2.45, 2.75) is 13.3 Å². The number of anilines is 3. The van der Waals surface area contributed by atoms with Gasteiger partial charge in [0.1, 0.15) is 35.8 Å². The van der Waals surface area contributed by atoms with E-state index in [0.29, 0.717) is 47.1 Å². The third-order valence-corrected chi connectivity index (χ3v) is 5.89. The lowest BCUT2D eigenvalue weighted by molar-refractivity contribution is -0.114. The fourth-order valence-electron chi connectivity index (χ4n) is 4.03. The molecule has 1 aliphatic rings. The number of amides is 1. The molecule has 0 aliphatic carbocycles. The number of carbonyl (C=O) groups excluding carboxylic acids is 1. The summed E-state index contributed by atoms with van der Waals surface area (Å²) >= 11 is 0.